The van der Waals surface area contributed by atoms with E-state index in [0.29, 0.717) is 0 Å². The van der Waals surface area contributed by atoms with Crippen molar-refractivity contribution >= 4 is 16.7 Å². The SMILES string of the molecule is CC(=O)[O-].[O-]c1ccc2ccccc2c1CN1CCCCC1.[O]=[U+2]=[O]. The van der Waals surface area contributed by atoms with Gasteiger partial charge >= 0.3 is 32.3 Å². The number of benzene rings is 2. The summed E-state index contributed by atoms with van der Waals surface area (Å²) in [6, 6.07) is 11.8. The van der Waals surface area contributed by atoms with Gasteiger partial charge in [-0.2, -0.15) is 0 Å². The number of aliphatic carboxylic acids is 1. The molecule has 1 fully saturated rings. The molecule has 1 saturated heterocycles. The van der Waals surface area contributed by atoms with Gasteiger partial charge in [0.15, 0.2) is 0 Å². The first kappa shape index (κ1) is 21.6. The van der Waals surface area contributed by atoms with Crippen LogP contribution in [0, 0.1) is 27.8 Å². The van der Waals surface area contributed by atoms with Gasteiger partial charge in [0, 0.05) is 12.5 Å². The Hall–Kier alpha value is -1.42. The zero-order valence-corrected chi connectivity index (χ0v) is 18.4. The van der Waals surface area contributed by atoms with Crippen LogP contribution in [0.1, 0.15) is 31.7 Å². The van der Waals surface area contributed by atoms with Crippen molar-refractivity contribution in [2.24, 2.45) is 0 Å². The third kappa shape index (κ3) is 8.00. The number of likely N-dealkylation sites (tertiary alicyclic amines) is 1. The van der Waals surface area contributed by atoms with Gasteiger partial charge in [0.05, 0.1) is 0 Å². The number of carboxylic acid groups (broad SMARTS) is 1. The van der Waals surface area contributed by atoms with Gasteiger partial charge in [0.1, 0.15) is 0 Å². The minimum atomic E-state index is -2.51. The molecule has 0 aromatic heterocycles. The Kier molecular flexibility index (Phi) is 10.4. The summed E-state index contributed by atoms with van der Waals surface area (Å²) in [6.07, 6.45) is 3.86. The van der Waals surface area contributed by atoms with Crippen LogP contribution in [0.5, 0.6) is 5.75 Å². The Morgan fingerprint density at radius 1 is 1.08 bits per heavy atom. The van der Waals surface area contributed by atoms with Gasteiger partial charge in [-0.3, -0.25) is 4.90 Å². The Labute approximate surface area is 162 Å². The molecule has 2 aromatic carbocycles. The van der Waals surface area contributed by atoms with E-state index in [1.54, 1.807) is 6.07 Å². The van der Waals surface area contributed by atoms with E-state index >= 15 is 0 Å². The number of carboxylic acids is 1. The fourth-order valence-corrected chi connectivity index (χ4v) is 2.82. The van der Waals surface area contributed by atoms with Crippen molar-refractivity contribution in [3.63, 3.8) is 0 Å². The number of nitrogens with zero attached hydrogens (tertiary/aromatic N) is 1. The van der Waals surface area contributed by atoms with E-state index in [-0.39, 0.29) is 5.75 Å². The second-order valence-corrected chi connectivity index (χ2v) is 6.37. The number of rotatable bonds is 2. The number of piperidine rings is 1. The Balaban J connectivity index is 0.000000386. The summed E-state index contributed by atoms with van der Waals surface area (Å²) in [6.45, 7) is 4.03. The third-order valence-electron chi connectivity index (χ3n) is 3.83. The topological polar surface area (TPSA) is 101 Å². The molecule has 0 amide bonds. The molecule has 1 aliphatic rings. The summed E-state index contributed by atoms with van der Waals surface area (Å²) in [4.78, 5) is 11.3. The molecule has 1 heterocycles. The first-order valence-electron chi connectivity index (χ1n) is 8.06. The van der Waals surface area contributed by atoms with Gasteiger partial charge in [-0.25, -0.2) is 0 Å². The molecule has 132 valence electrons. The average molecular weight is 569 g/mol. The minimum absolute atomic E-state index is 0.180. The third-order valence-corrected chi connectivity index (χ3v) is 3.83. The molecule has 0 spiro atoms. The van der Waals surface area contributed by atoms with Crippen LogP contribution in [0.3, 0.4) is 0 Å². The molecule has 0 aliphatic carbocycles. The van der Waals surface area contributed by atoms with Crippen molar-refractivity contribution < 1.29 is 47.3 Å². The zero-order valence-electron chi connectivity index (χ0n) is 14.2. The van der Waals surface area contributed by atoms with Gasteiger partial charge in [0.2, 0.25) is 0 Å². The van der Waals surface area contributed by atoms with Gasteiger partial charge in [-0.15, -0.1) is 5.75 Å². The van der Waals surface area contributed by atoms with Crippen molar-refractivity contribution in [1.29, 1.82) is 0 Å². The second-order valence-electron chi connectivity index (χ2n) is 5.68. The quantitative estimate of drug-likeness (QED) is 0.543. The van der Waals surface area contributed by atoms with Crippen molar-refractivity contribution in [2.75, 3.05) is 13.1 Å². The molecule has 3 rings (SSSR count). The predicted molar refractivity (Wildman–Crippen MR) is 84.6 cm³/mol. The Morgan fingerprint density at radius 3 is 2.24 bits per heavy atom. The van der Waals surface area contributed by atoms with Crippen molar-refractivity contribution in [1.82, 2.24) is 4.90 Å². The molecule has 1 aliphatic heterocycles. The van der Waals surface area contributed by atoms with E-state index in [0.717, 1.165) is 37.5 Å². The second kappa shape index (κ2) is 12.0. The normalized spacial score (nSPS) is 13.6. The molecule has 7 heteroatoms. The molecular weight excluding hydrogens is 548 g/mol. The molecule has 6 nitrogen and oxygen atoms in total. The molecule has 0 saturated carbocycles. The monoisotopic (exact) mass is 569 g/mol. The average Bonchev–Trinajstić information content (AvgIpc) is 2.59. The first-order chi connectivity index (χ1) is 12.0. The Morgan fingerprint density at radius 2 is 1.64 bits per heavy atom. The van der Waals surface area contributed by atoms with Crippen LogP contribution < -0.4 is 10.2 Å². The van der Waals surface area contributed by atoms with E-state index in [1.807, 2.05) is 18.2 Å². The van der Waals surface area contributed by atoms with Gasteiger partial charge < -0.3 is 15.0 Å². The number of carbonyl (C=O) groups is 1. The molecular formula is C18H21NO5U. The molecule has 0 N–H and O–H groups in total. The summed E-state index contributed by atoms with van der Waals surface area (Å²) < 4.78 is 17.2. The Bertz CT molecular complexity index is 718. The number of hydrogen-bond acceptors (Lipinski definition) is 6. The zero-order chi connectivity index (χ0) is 18.7. The summed E-state index contributed by atoms with van der Waals surface area (Å²) >= 11 is -2.51. The van der Waals surface area contributed by atoms with Crippen LogP contribution in [0.4, 0.5) is 0 Å². The fourth-order valence-electron chi connectivity index (χ4n) is 2.82. The summed E-state index contributed by atoms with van der Waals surface area (Å²) in [5.74, 6) is -0.903. The van der Waals surface area contributed by atoms with Crippen molar-refractivity contribution in [2.45, 2.75) is 32.7 Å². The first-order valence-corrected chi connectivity index (χ1v) is 11.5. The number of hydrogen-bond donors (Lipinski definition) is 0. The van der Waals surface area contributed by atoms with Crippen LogP contribution in [0.2, 0.25) is 0 Å². The molecule has 0 radical (unpaired) electrons. The molecule has 0 bridgehead atoms. The van der Waals surface area contributed by atoms with Gasteiger partial charge in [0.25, 0.3) is 0 Å². The van der Waals surface area contributed by atoms with Gasteiger partial charge in [-0.1, -0.05) is 42.8 Å². The van der Waals surface area contributed by atoms with E-state index in [9.17, 15) is 5.11 Å². The van der Waals surface area contributed by atoms with Crippen molar-refractivity contribution in [3.05, 3.63) is 42.0 Å². The molecule has 0 unspecified atom stereocenters. The van der Waals surface area contributed by atoms with E-state index in [1.165, 1.54) is 24.6 Å². The van der Waals surface area contributed by atoms with E-state index < -0.39 is 33.8 Å². The van der Waals surface area contributed by atoms with Crippen LogP contribution in [-0.4, -0.2) is 24.0 Å². The van der Waals surface area contributed by atoms with Crippen LogP contribution in [0.25, 0.3) is 10.8 Å². The predicted octanol–water partition coefficient (Wildman–Crippen LogP) is 1.42. The standard InChI is InChI=1S/C16H19NO.C2H4O2.2O.U/c18-16-9-8-13-6-2-3-7-14(13)15(16)12-17-10-4-1-5-11-17;1-2(3)4;;;/h2-3,6-9,18H,1,4-5,10-12H2;1H3,(H,3,4);;;/q;;;;+2/p-2. The van der Waals surface area contributed by atoms with Crippen molar-refractivity contribution in [3.8, 4) is 5.75 Å². The summed E-state index contributed by atoms with van der Waals surface area (Å²) in [7, 11) is 0. The van der Waals surface area contributed by atoms with Gasteiger partial charge in [-0.05, 0) is 49.2 Å². The van der Waals surface area contributed by atoms with Crippen LogP contribution in [0.15, 0.2) is 36.4 Å². The summed E-state index contributed by atoms with van der Waals surface area (Å²) in [5, 5.41) is 23.3. The fraction of sp³-hybridized carbons (Fsp3) is 0.389. The molecule has 25 heavy (non-hydrogen) atoms. The molecule has 0 atom stereocenters. The summed E-state index contributed by atoms with van der Waals surface area (Å²) in [5.41, 5.74) is 0.968. The maximum absolute atomic E-state index is 12.1. The molecule has 2 aromatic rings. The maximum atomic E-state index is 12.1. The van der Waals surface area contributed by atoms with E-state index in [2.05, 4.69) is 17.0 Å². The van der Waals surface area contributed by atoms with Crippen LogP contribution in [-0.2, 0) is 15.8 Å². The van der Waals surface area contributed by atoms with Crippen LogP contribution >= 0.6 is 0 Å². The van der Waals surface area contributed by atoms with E-state index in [4.69, 9.17) is 14.4 Å². The number of fused-ring (bicyclic) bond motifs is 1. The number of carbonyl (C=O) groups excluding carboxylic acids is 1.